The van der Waals surface area contributed by atoms with Crippen molar-refractivity contribution < 1.29 is 4.92 Å². The normalized spacial score (nSPS) is 19.3. The maximum Gasteiger partial charge on any atom is 0.269 e. The number of nitrogens with two attached hydrogens (primary N) is 1. The van der Waals surface area contributed by atoms with Gasteiger partial charge in [-0.05, 0) is 44.6 Å². The predicted molar refractivity (Wildman–Crippen MR) is 84.1 cm³/mol. The van der Waals surface area contributed by atoms with Crippen molar-refractivity contribution in [2.24, 2.45) is 0 Å². The van der Waals surface area contributed by atoms with Crippen molar-refractivity contribution in [2.45, 2.75) is 32.4 Å². The van der Waals surface area contributed by atoms with Crippen molar-refractivity contribution in [1.29, 1.82) is 0 Å². The number of nitrogen functional groups attached to an aromatic ring is 1. The number of likely N-dealkylation sites (N-methyl/N-ethyl adjacent to an activating group) is 2. The standard InChI is InChI=1S/C15H24N4O2/c1-3-18-8-4-5-14(18)11-17(2)10-12-9-13(19(20)21)6-7-15(12)16/h6-7,9,14H,3-5,8,10-11,16H2,1-2H3. The molecule has 0 aliphatic carbocycles. The van der Waals surface area contributed by atoms with Gasteiger partial charge in [0, 0.05) is 37.0 Å². The summed E-state index contributed by atoms with van der Waals surface area (Å²) in [6.07, 6.45) is 2.48. The highest BCUT2D eigenvalue weighted by Crippen LogP contribution is 2.22. The number of likely N-dealkylation sites (tertiary alicyclic amines) is 1. The van der Waals surface area contributed by atoms with Crippen molar-refractivity contribution in [3.8, 4) is 0 Å². The minimum absolute atomic E-state index is 0.101. The monoisotopic (exact) mass is 292 g/mol. The molecule has 1 saturated heterocycles. The van der Waals surface area contributed by atoms with Crippen LogP contribution in [0.4, 0.5) is 11.4 Å². The Morgan fingerprint density at radius 1 is 1.52 bits per heavy atom. The Balaban J connectivity index is 2.00. The van der Waals surface area contributed by atoms with E-state index in [0.717, 1.165) is 18.7 Å². The molecule has 1 aliphatic rings. The fourth-order valence-corrected chi connectivity index (χ4v) is 3.08. The van der Waals surface area contributed by atoms with Crippen LogP contribution < -0.4 is 5.73 Å². The summed E-state index contributed by atoms with van der Waals surface area (Å²) < 4.78 is 0. The van der Waals surface area contributed by atoms with E-state index in [0.29, 0.717) is 18.3 Å². The first kappa shape index (κ1) is 15.7. The first-order valence-electron chi connectivity index (χ1n) is 7.46. The number of non-ortho nitro benzene ring substituents is 1. The average Bonchev–Trinajstić information content (AvgIpc) is 2.88. The highest BCUT2D eigenvalue weighted by atomic mass is 16.6. The topological polar surface area (TPSA) is 75.6 Å². The Morgan fingerprint density at radius 3 is 2.95 bits per heavy atom. The Kier molecular flexibility index (Phi) is 5.14. The first-order chi connectivity index (χ1) is 10.0. The van der Waals surface area contributed by atoms with Crippen LogP contribution in [0.5, 0.6) is 0 Å². The first-order valence-corrected chi connectivity index (χ1v) is 7.46. The molecule has 1 aliphatic heterocycles. The van der Waals surface area contributed by atoms with E-state index >= 15 is 0 Å². The molecule has 0 radical (unpaired) electrons. The van der Waals surface area contributed by atoms with Crippen LogP contribution in [-0.4, -0.2) is 47.4 Å². The summed E-state index contributed by atoms with van der Waals surface area (Å²) >= 11 is 0. The number of nitrogens with zero attached hydrogens (tertiary/aromatic N) is 3. The van der Waals surface area contributed by atoms with Gasteiger partial charge in [-0.3, -0.25) is 15.0 Å². The minimum Gasteiger partial charge on any atom is -0.398 e. The van der Waals surface area contributed by atoms with Crippen LogP contribution in [0, 0.1) is 10.1 Å². The van der Waals surface area contributed by atoms with Gasteiger partial charge >= 0.3 is 0 Å². The lowest BCUT2D eigenvalue weighted by Crippen LogP contribution is -2.38. The third kappa shape index (κ3) is 3.92. The molecular formula is C15H24N4O2. The van der Waals surface area contributed by atoms with Gasteiger partial charge in [0.05, 0.1) is 4.92 Å². The lowest BCUT2D eigenvalue weighted by molar-refractivity contribution is -0.384. The van der Waals surface area contributed by atoms with Gasteiger partial charge < -0.3 is 10.6 Å². The van der Waals surface area contributed by atoms with E-state index in [9.17, 15) is 10.1 Å². The molecule has 1 heterocycles. The third-order valence-electron chi connectivity index (χ3n) is 4.21. The van der Waals surface area contributed by atoms with Crippen LogP contribution >= 0.6 is 0 Å². The molecule has 0 saturated carbocycles. The molecule has 0 bridgehead atoms. The Hall–Kier alpha value is -1.66. The van der Waals surface area contributed by atoms with Crippen LogP contribution in [0.25, 0.3) is 0 Å². The molecule has 1 atom stereocenters. The molecule has 21 heavy (non-hydrogen) atoms. The predicted octanol–water partition coefficient (Wildman–Crippen LogP) is 2.09. The molecule has 0 spiro atoms. The highest BCUT2D eigenvalue weighted by Gasteiger charge is 2.24. The number of hydrogen-bond donors (Lipinski definition) is 1. The molecule has 6 heteroatoms. The summed E-state index contributed by atoms with van der Waals surface area (Å²) in [6.45, 7) is 6.06. The van der Waals surface area contributed by atoms with Crippen LogP contribution in [0.2, 0.25) is 0 Å². The van der Waals surface area contributed by atoms with Gasteiger partial charge in [0.2, 0.25) is 0 Å². The zero-order valence-corrected chi connectivity index (χ0v) is 12.8. The van der Waals surface area contributed by atoms with E-state index in [4.69, 9.17) is 5.73 Å². The van der Waals surface area contributed by atoms with Gasteiger partial charge in [0.1, 0.15) is 0 Å². The fourth-order valence-electron chi connectivity index (χ4n) is 3.08. The molecule has 1 unspecified atom stereocenters. The van der Waals surface area contributed by atoms with Crippen LogP contribution in [0.1, 0.15) is 25.3 Å². The van der Waals surface area contributed by atoms with Crippen molar-refractivity contribution in [1.82, 2.24) is 9.80 Å². The summed E-state index contributed by atoms with van der Waals surface area (Å²) in [6, 6.07) is 5.24. The van der Waals surface area contributed by atoms with Gasteiger partial charge in [-0.25, -0.2) is 0 Å². The average molecular weight is 292 g/mol. The summed E-state index contributed by atoms with van der Waals surface area (Å²) in [5.74, 6) is 0. The number of nitro benzene ring substituents is 1. The van der Waals surface area contributed by atoms with Crippen molar-refractivity contribution in [2.75, 3.05) is 32.4 Å². The van der Waals surface area contributed by atoms with Crippen molar-refractivity contribution in [3.05, 3.63) is 33.9 Å². The molecular weight excluding hydrogens is 268 g/mol. The zero-order chi connectivity index (χ0) is 15.4. The second kappa shape index (κ2) is 6.87. The van der Waals surface area contributed by atoms with Crippen LogP contribution in [-0.2, 0) is 6.54 Å². The molecule has 1 fully saturated rings. The third-order valence-corrected chi connectivity index (χ3v) is 4.21. The van der Waals surface area contributed by atoms with E-state index in [1.807, 2.05) is 7.05 Å². The molecule has 116 valence electrons. The van der Waals surface area contributed by atoms with Crippen LogP contribution in [0.3, 0.4) is 0 Å². The lowest BCUT2D eigenvalue weighted by atomic mass is 10.1. The zero-order valence-electron chi connectivity index (χ0n) is 12.8. The Morgan fingerprint density at radius 2 is 2.29 bits per heavy atom. The largest absolute Gasteiger partial charge is 0.398 e. The van der Waals surface area contributed by atoms with E-state index in [1.165, 1.54) is 25.5 Å². The number of nitro groups is 1. The molecule has 0 amide bonds. The number of benzene rings is 1. The van der Waals surface area contributed by atoms with Gasteiger partial charge in [0.25, 0.3) is 5.69 Å². The second-order valence-electron chi connectivity index (χ2n) is 5.76. The highest BCUT2D eigenvalue weighted by molar-refractivity contribution is 5.52. The lowest BCUT2D eigenvalue weighted by Gasteiger charge is -2.28. The van der Waals surface area contributed by atoms with E-state index in [-0.39, 0.29) is 10.6 Å². The van der Waals surface area contributed by atoms with Gasteiger partial charge in [-0.2, -0.15) is 0 Å². The fraction of sp³-hybridized carbons (Fsp3) is 0.600. The molecule has 2 N–H and O–H groups in total. The quantitative estimate of drug-likeness (QED) is 0.493. The summed E-state index contributed by atoms with van der Waals surface area (Å²) in [4.78, 5) is 15.2. The maximum atomic E-state index is 10.9. The van der Waals surface area contributed by atoms with Gasteiger partial charge in [-0.15, -0.1) is 0 Å². The second-order valence-corrected chi connectivity index (χ2v) is 5.76. The smallest absolute Gasteiger partial charge is 0.269 e. The molecule has 1 aromatic carbocycles. The summed E-state index contributed by atoms with van der Waals surface area (Å²) in [5, 5.41) is 10.9. The van der Waals surface area contributed by atoms with E-state index in [1.54, 1.807) is 12.1 Å². The molecule has 6 nitrogen and oxygen atoms in total. The Labute approximate surface area is 125 Å². The summed E-state index contributed by atoms with van der Waals surface area (Å²) in [5.41, 5.74) is 7.48. The minimum atomic E-state index is -0.376. The number of hydrogen-bond acceptors (Lipinski definition) is 5. The Bertz CT molecular complexity index is 506. The molecule has 2 rings (SSSR count). The van der Waals surface area contributed by atoms with Crippen molar-refractivity contribution in [3.63, 3.8) is 0 Å². The SMILES string of the molecule is CCN1CCCC1CN(C)Cc1cc([N+](=O)[O-])ccc1N. The summed E-state index contributed by atoms with van der Waals surface area (Å²) in [7, 11) is 2.05. The molecule has 0 aromatic heterocycles. The van der Waals surface area contributed by atoms with Crippen molar-refractivity contribution >= 4 is 11.4 Å². The van der Waals surface area contributed by atoms with E-state index in [2.05, 4.69) is 16.7 Å². The maximum absolute atomic E-state index is 10.9. The number of rotatable bonds is 6. The molecule has 1 aromatic rings. The number of anilines is 1. The van der Waals surface area contributed by atoms with Gasteiger partial charge in [0.15, 0.2) is 0 Å². The van der Waals surface area contributed by atoms with E-state index < -0.39 is 0 Å². The van der Waals surface area contributed by atoms with Crippen LogP contribution in [0.15, 0.2) is 18.2 Å². The van der Waals surface area contributed by atoms with Gasteiger partial charge in [-0.1, -0.05) is 6.92 Å².